The monoisotopic (exact) mass is 398 g/mol. The van der Waals surface area contributed by atoms with Crippen molar-refractivity contribution in [1.82, 2.24) is 19.8 Å². The first kappa shape index (κ1) is 19.4. The maximum Gasteiger partial charge on any atom is 0.170 e. The number of thiocarbonyl (C=S) groups is 1. The molecule has 2 saturated heterocycles. The minimum absolute atomic E-state index is 0.0382. The molecule has 4 rings (SSSR count). The van der Waals surface area contributed by atoms with Gasteiger partial charge in [-0.25, -0.2) is 0 Å². The second-order valence-electron chi connectivity index (χ2n) is 8.20. The summed E-state index contributed by atoms with van der Waals surface area (Å²) >= 11 is 5.79. The maximum atomic E-state index is 5.94. The fourth-order valence-corrected chi connectivity index (χ4v) is 5.16. The van der Waals surface area contributed by atoms with Gasteiger partial charge in [0.25, 0.3) is 0 Å². The van der Waals surface area contributed by atoms with Gasteiger partial charge in [-0.15, -0.1) is 0 Å². The summed E-state index contributed by atoms with van der Waals surface area (Å²) in [7, 11) is 0. The molecule has 0 bridgehead atoms. The Hall–Kier alpha value is -1.92. The van der Waals surface area contributed by atoms with Crippen molar-refractivity contribution in [2.75, 3.05) is 13.2 Å². The standard InChI is InChI=1S/C22H30N4OS/c1-14(2)26-15(3)12-18(16(26)4)21-20(19-9-5-6-10-23-19)24-22(28)25(21)13-17-8-7-11-27-17/h5-6,9-10,12,14,17,20-21H,7-8,11,13H2,1-4H3,(H,24,28)/t17-,20-,21+/m0/s1. The molecule has 0 radical (unpaired) electrons. The van der Waals surface area contributed by atoms with Crippen LogP contribution in [0.5, 0.6) is 0 Å². The highest BCUT2D eigenvalue weighted by Crippen LogP contribution is 2.41. The maximum absolute atomic E-state index is 5.94. The van der Waals surface area contributed by atoms with Gasteiger partial charge in [-0.3, -0.25) is 4.98 Å². The van der Waals surface area contributed by atoms with Crippen molar-refractivity contribution in [3.63, 3.8) is 0 Å². The molecule has 2 fully saturated rings. The van der Waals surface area contributed by atoms with Crippen LogP contribution in [0.15, 0.2) is 30.5 Å². The van der Waals surface area contributed by atoms with Crippen LogP contribution in [0.1, 0.15) is 67.5 Å². The van der Waals surface area contributed by atoms with E-state index in [9.17, 15) is 0 Å². The Kier molecular flexibility index (Phi) is 5.43. The number of nitrogens with one attached hydrogen (secondary N) is 1. The van der Waals surface area contributed by atoms with Crippen LogP contribution in [0.2, 0.25) is 0 Å². The van der Waals surface area contributed by atoms with Crippen LogP contribution in [0.3, 0.4) is 0 Å². The normalized spacial score (nSPS) is 25.0. The lowest BCUT2D eigenvalue weighted by molar-refractivity contribution is 0.0841. The van der Waals surface area contributed by atoms with E-state index in [4.69, 9.17) is 17.0 Å². The number of aryl methyl sites for hydroxylation is 1. The summed E-state index contributed by atoms with van der Waals surface area (Å²) in [5, 5.41) is 4.35. The molecule has 1 N–H and O–H groups in total. The zero-order valence-corrected chi connectivity index (χ0v) is 18.0. The molecule has 28 heavy (non-hydrogen) atoms. The molecule has 0 unspecified atom stereocenters. The highest BCUT2D eigenvalue weighted by molar-refractivity contribution is 7.80. The largest absolute Gasteiger partial charge is 0.376 e. The number of rotatable bonds is 5. The summed E-state index contributed by atoms with van der Waals surface area (Å²) in [5.41, 5.74) is 4.95. The van der Waals surface area contributed by atoms with Crippen LogP contribution in [0, 0.1) is 13.8 Å². The molecule has 0 aliphatic carbocycles. The van der Waals surface area contributed by atoms with E-state index in [1.54, 1.807) is 0 Å². The van der Waals surface area contributed by atoms with Crippen molar-refractivity contribution >= 4 is 17.3 Å². The van der Waals surface area contributed by atoms with Gasteiger partial charge in [0.2, 0.25) is 0 Å². The Morgan fingerprint density at radius 1 is 1.32 bits per heavy atom. The van der Waals surface area contributed by atoms with Crippen molar-refractivity contribution in [1.29, 1.82) is 0 Å². The average molecular weight is 399 g/mol. The van der Waals surface area contributed by atoms with E-state index >= 15 is 0 Å². The lowest BCUT2D eigenvalue weighted by Gasteiger charge is -2.30. The molecular weight excluding hydrogens is 368 g/mol. The smallest absolute Gasteiger partial charge is 0.170 e. The van der Waals surface area contributed by atoms with Crippen LogP contribution < -0.4 is 5.32 Å². The average Bonchev–Trinajstić information content (AvgIpc) is 3.36. The molecule has 2 aliphatic heterocycles. The molecular formula is C22H30N4OS. The van der Waals surface area contributed by atoms with Crippen LogP contribution in [0.25, 0.3) is 0 Å². The fourth-order valence-electron chi connectivity index (χ4n) is 4.85. The van der Waals surface area contributed by atoms with Crippen LogP contribution in [0.4, 0.5) is 0 Å². The van der Waals surface area contributed by atoms with Crippen molar-refractivity contribution in [3.05, 3.63) is 53.1 Å². The van der Waals surface area contributed by atoms with E-state index in [-0.39, 0.29) is 18.2 Å². The van der Waals surface area contributed by atoms with E-state index in [0.29, 0.717) is 6.04 Å². The number of ether oxygens (including phenoxy) is 1. The van der Waals surface area contributed by atoms with Crippen LogP contribution >= 0.6 is 12.2 Å². The predicted octanol–water partition coefficient (Wildman–Crippen LogP) is 4.23. The highest BCUT2D eigenvalue weighted by Gasteiger charge is 2.42. The molecule has 6 heteroatoms. The Bertz CT molecular complexity index is 842. The molecule has 3 atom stereocenters. The van der Waals surface area contributed by atoms with Gasteiger partial charge in [-0.05, 0) is 76.5 Å². The SMILES string of the molecule is Cc1cc([C@@H]2[C@H](c3ccccn3)NC(=S)N2C[C@@H]2CCCO2)c(C)n1C(C)C. The highest BCUT2D eigenvalue weighted by atomic mass is 32.1. The fraction of sp³-hybridized carbons (Fsp3) is 0.545. The van der Waals surface area contributed by atoms with Crippen molar-refractivity contribution in [2.45, 2.75) is 64.8 Å². The van der Waals surface area contributed by atoms with Gasteiger partial charge < -0.3 is 19.5 Å². The molecule has 2 aromatic rings. The summed E-state index contributed by atoms with van der Waals surface area (Å²) < 4.78 is 8.35. The van der Waals surface area contributed by atoms with Gasteiger partial charge >= 0.3 is 0 Å². The molecule has 4 heterocycles. The first-order chi connectivity index (χ1) is 13.5. The zero-order chi connectivity index (χ0) is 19.8. The van der Waals surface area contributed by atoms with E-state index in [0.717, 1.165) is 36.8 Å². The minimum atomic E-state index is 0.0382. The van der Waals surface area contributed by atoms with Gasteiger partial charge in [-0.1, -0.05) is 6.07 Å². The topological polar surface area (TPSA) is 42.3 Å². The third-order valence-electron chi connectivity index (χ3n) is 5.98. The molecule has 0 spiro atoms. The van der Waals surface area contributed by atoms with E-state index in [1.165, 1.54) is 17.0 Å². The third kappa shape index (κ3) is 3.44. The third-order valence-corrected chi connectivity index (χ3v) is 6.33. The quantitative estimate of drug-likeness (QED) is 0.764. The first-order valence-electron chi connectivity index (χ1n) is 10.3. The van der Waals surface area contributed by atoms with Crippen LogP contribution in [-0.2, 0) is 4.74 Å². The van der Waals surface area contributed by atoms with Gasteiger partial charge in [0.1, 0.15) is 0 Å². The van der Waals surface area contributed by atoms with Crippen LogP contribution in [-0.4, -0.2) is 38.8 Å². The van der Waals surface area contributed by atoms with Gasteiger partial charge in [0.05, 0.1) is 23.9 Å². The number of hydrogen-bond donors (Lipinski definition) is 1. The van der Waals surface area contributed by atoms with Gasteiger partial charge in [0.15, 0.2) is 5.11 Å². The summed E-state index contributed by atoms with van der Waals surface area (Å²) in [6.07, 6.45) is 4.34. The molecule has 0 aromatic carbocycles. The molecule has 2 aromatic heterocycles. The van der Waals surface area contributed by atoms with E-state index < -0.39 is 0 Å². The molecule has 0 amide bonds. The lowest BCUT2D eigenvalue weighted by atomic mass is 9.96. The van der Waals surface area contributed by atoms with E-state index in [2.05, 4.69) is 59.6 Å². The molecule has 2 aliphatic rings. The van der Waals surface area contributed by atoms with Gasteiger partial charge in [-0.2, -0.15) is 0 Å². The van der Waals surface area contributed by atoms with Crippen molar-refractivity contribution in [2.24, 2.45) is 0 Å². The zero-order valence-electron chi connectivity index (χ0n) is 17.2. The summed E-state index contributed by atoms with van der Waals surface area (Å²) in [4.78, 5) is 6.97. The van der Waals surface area contributed by atoms with Crippen molar-refractivity contribution < 1.29 is 4.74 Å². The Labute approximate surface area is 173 Å². The number of nitrogens with zero attached hydrogens (tertiary/aromatic N) is 3. The first-order valence-corrected chi connectivity index (χ1v) is 10.7. The minimum Gasteiger partial charge on any atom is -0.376 e. The Morgan fingerprint density at radius 3 is 2.75 bits per heavy atom. The number of hydrogen-bond acceptors (Lipinski definition) is 3. The summed E-state index contributed by atoms with van der Waals surface area (Å²) in [5.74, 6) is 0. The second-order valence-corrected chi connectivity index (χ2v) is 8.59. The Balaban J connectivity index is 1.76. The number of pyridine rings is 1. The second kappa shape index (κ2) is 7.84. The number of aromatic nitrogens is 2. The molecule has 0 saturated carbocycles. The lowest BCUT2D eigenvalue weighted by Crippen LogP contribution is -2.36. The summed E-state index contributed by atoms with van der Waals surface area (Å²) in [6, 6.07) is 9.00. The van der Waals surface area contributed by atoms with Gasteiger partial charge in [0, 0.05) is 36.8 Å². The van der Waals surface area contributed by atoms with Crippen molar-refractivity contribution in [3.8, 4) is 0 Å². The van der Waals surface area contributed by atoms with E-state index in [1.807, 2.05) is 18.3 Å². The predicted molar refractivity (Wildman–Crippen MR) is 115 cm³/mol. The summed E-state index contributed by atoms with van der Waals surface area (Å²) in [6.45, 7) is 10.6. The Morgan fingerprint density at radius 2 is 2.14 bits per heavy atom. The molecule has 5 nitrogen and oxygen atoms in total. The molecule has 150 valence electrons.